The maximum Gasteiger partial charge on any atom is 0.272 e. The van der Waals surface area contributed by atoms with E-state index >= 15 is 0 Å². The third-order valence-corrected chi connectivity index (χ3v) is 5.07. The summed E-state index contributed by atoms with van der Waals surface area (Å²) in [5.74, 6) is -1.00. The third kappa shape index (κ3) is 3.89. The van der Waals surface area contributed by atoms with Crippen LogP contribution in [0.15, 0.2) is 67.1 Å². The molecule has 0 radical (unpaired) electrons. The lowest BCUT2D eigenvalue weighted by atomic mass is 10.2. The second-order valence-corrected chi connectivity index (χ2v) is 6.90. The molecule has 0 spiro atoms. The van der Waals surface area contributed by atoms with Crippen molar-refractivity contribution < 1.29 is 14.0 Å². The number of imidazole rings is 1. The van der Waals surface area contributed by atoms with E-state index < -0.39 is 5.82 Å². The summed E-state index contributed by atoms with van der Waals surface area (Å²) in [7, 11) is 0. The van der Waals surface area contributed by atoms with E-state index in [-0.39, 0.29) is 17.4 Å². The Bertz CT molecular complexity index is 1020. The Morgan fingerprint density at radius 1 is 0.828 bits per heavy atom. The van der Waals surface area contributed by atoms with Gasteiger partial charge in [-0.15, -0.1) is 0 Å². The highest BCUT2D eigenvalue weighted by molar-refractivity contribution is 5.95. The number of carbonyl (C=O) groups is 2. The van der Waals surface area contributed by atoms with Gasteiger partial charge in [0.05, 0.1) is 18.1 Å². The number of benzene rings is 2. The number of aromatic nitrogens is 2. The van der Waals surface area contributed by atoms with Crippen LogP contribution in [0.25, 0.3) is 5.69 Å². The van der Waals surface area contributed by atoms with Crippen LogP contribution in [-0.4, -0.2) is 57.3 Å². The summed E-state index contributed by atoms with van der Waals surface area (Å²) >= 11 is 0. The molecular formula is C22H21FN4O2. The lowest BCUT2D eigenvalue weighted by Crippen LogP contribution is -2.38. The third-order valence-electron chi connectivity index (χ3n) is 5.07. The Labute approximate surface area is 168 Å². The van der Waals surface area contributed by atoms with E-state index in [1.54, 1.807) is 39.0 Å². The second-order valence-electron chi connectivity index (χ2n) is 6.90. The molecule has 0 saturated carbocycles. The van der Waals surface area contributed by atoms with Gasteiger partial charge in [0.1, 0.15) is 11.5 Å². The van der Waals surface area contributed by atoms with Crippen molar-refractivity contribution in [3.63, 3.8) is 0 Å². The van der Waals surface area contributed by atoms with Crippen molar-refractivity contribution in [1.29, 1.82) is 0 Å². The highest BCUT2D eigenvalue weighted by Gasteiger charge is 2.26. The van der Waals surface area contributed by atoms with Crippen molar-refractivity contribution in [3.8, 4) is 5.69 Å². The maximum absolute atomic E-state index is 14.0. The van der Waals surface area contributed by atoms with E-state index in [4.69, 9.17) is 0 Å². The summed E-state index contributed by atoms with van der Waals surface area (Å²) in [6.45, 7) is 1.76. The molecular weight excluding hydrogens is 371 g/mol. The van der Waals surface area contributed by atoms with Crippen molar-refractivity contribution in [3.05, 3.63) is 84.2 Å². The first-order chi connectivity index (χ1) is 14.1. The van der Waals surface area contributed by atoms with E-state index in [1.807, 2.05) is 30.3 Å². The highest BCUT2D eigenvalue weighted by atomic mass is 19.1. The predicted molar refractivity (Wildman–Crippen MR) is 106 cm³/mol. The number of amides is 2. The number of carbonyl (C=O) groups excluding carboxylic acids is 2. The zero-order chi connectivity index (χ0) is 20.2. The molecule has 2 aromatic carbocycles. The standard InChI is InChI=1S/C22H21FN4O2/c23-19-10-5-4-9-18(19)21(28)25-11-6-12-26(14-13-25)22(29)20-15-24-16-27(20)17-7-2-1-3-8-17/h1-5,7-10,15-16H,6,11-14H2. The maximum atomic E-state index is 14.0. The summed E-state index contributed by atoms with van der Waals surface area (Å²) < 4.78 is 15.7. The molecule has 2 amide bonds. The van der Waals surface area contributed by atoms with Gasteiger partial charge in [-0.05, 0) is 30.7 Å². The van der Waals surface area contributed by atoms with Crippen LogP contribution in [-0.2, 0) is 0 Å². The molecule has 4 rings (SSSR count). The minimum Gasteiger partial charge on any atom is -0.337 e. The van der Waals surface area contributed by atoms with Gasteiger partial charge in [0.2, 0.25) is 0 Å². The van der Waals surface area contributed by atoms with Crippen molar-refractivity contribution >= 4 is 11.8 Å². The molecule has 0 N–H and O–H groups in total. The SMILES string of the molecule is O=C(c1ccccc1F)N1CCCN(C(=O)c2cncn2-c2ccccc2)CC1. The average molecular weight is 392 g/mol. The molecule has 0 aliphatic carbocycles. The molecule has 0 atom stereocenters. The molecule has 2 heterocycles. The van der Waals surface area contributed by atoms with E-state index in [9.17, 15) is 14.0 Å². The van der Waals surface area contributed by atoms with Crippen LogP contribution in [0.3, 0.4) is 0 Å². The lowest BCUT2D eigenvalue weighted by Gasteiger charge is -2.22. The number of hydrogen-bond donors (Lipinski definition) is 0. The zero-order valence-corrected chi connectivity index (χ0v) is 15.9. The minimum atomic E-state index is -0.526. The molecule has 0 unspecified atom stereocenters. The van der Waals surface area contributed by atoms with Crippen LogP contribution in [0.1, 0.15) is 27.3 Å². The zero-order valence-electron chi connectivity index (χ0n) is 15.9. The molecule has 1 aromatic heterocycles. The number of rotatable bonds is 3. The predicted octanol–water partition coefficient (Wildman–Crippen LogP) is 3.00. The van der Waals surface area contributed by atoms with Crippen LogP contribution < -0.4 is 0 Å². The Morgan fingerprint density at radius 2 is 1.48 bits per heavy atom. The smallest absolute Gasteiger partial charge is 0.272 e. The van der Waals surface area contributed by atoms with Gasteiger partial charge < -0.3 is 9.80 Å². The normalized spacial score (nSPS) is 14.5. The molecule has 1 aliphatic rings. The fourth-order valence-electron chi connectivity index (χ4n) is 3.54. The van der Waals surface area contributed by atoms with Crippen LogP contribution in [0.2, 0.25) is 0 Å². The van der Waals surface area contributed by atoms with Crippen LogP contribution in [0.4, 0.5) is 4.39 Å². The van der Waals surface area contributed by atoms with Crippen molar-refractivity contribution in [2.75, 3.05) is 26.2 Å². The van der Waals surface area contributed by atoms with E-state index in [0.717, 1.165) is 5.69 Å². The quantitative estimate of drug-likeness (QED) is 0.689. The Balaban J connectivity index is 1.48. The second kappa shape index (κ2) is 8.26. The van der Waals surface area contributed by atoms with Crippen molar-refractivity contribution in [2.24, 2.45) is 0 Å². The van der Waals surface area contributed by atoms with E-state index in [0.29, 0.717) is 38.3 Å². The number of para-hydroxylation sites is 1. The van der Waals surface area contributed by atoms with Crippen molar-refractivity contribution in [2.45, 2.75) is 6.42 Å². The molecule has 0 bridgehead atoms. The minimum absolute atomic E-state index is 0.0643. The lowest BCUT2D eigenvalue weighted by molar-refractivity contribution is 0.0712. The van der Waals surface area contributed by atoms with E-state index in [2.05, 4.69) is 4.98 Å². The molecule has 1 saturated heterocycles. The number of nitrogens with zero attached hydrogens (tertiary/aromatic N) is 4. The summed E-state index contributed by atoms with van der Waals surface area (Å²) in [5.41, 5.74) is 1.40. The number of halogens is 1. The first-order valence-electron chi connectivity index (χ1n) is 9.56. The molecule has 3 aromatic rings. The van der Waals surface area contributed by atoms with Crippen molar-refractivity contribution in [1.82, 2.24) is 19.4 Å². The summed E-state index contributed by atoms with van der Waals surface area (Å²) in [5, 5.41) is 0. The molecule has 1 fully saturated rings. The van der Waals surface area contributed by atoms with Gasteiger partial charge in [-0.3, -0.25) is 14.2 Å². The van der Waals surface area contributed by atoms with Crippen LogP contribution >= 0.6 is 0 Å². The van der Waals surface area contributed by atoms with Gasteiger partial charge in [-0.2, -0.15) is 0 Å². The fraction of sp³-hybridized carbons (Fsp3) is 0.227. The van der Waals surface area contributed by atoms with Gasteiger partial charge >= 0.3 is 0 Å². The first kappa shape index (κ1) is 18.9. The van der Waals surface area contributed by atoms with Gasteiger partial charge in [0.25, 0.3) is 11.8 Å². The van der Waals surface area contributed by atoms with Gasteiger partial charge in [-0.1, -0.05) is 30.3 Å². The highest BCUT2D eigenvalue weighted by Crippen LogP contribution is 2.16. The number of hydrogen-bond acceptors (Lipinski definition) is 3. The van der Waals surface area contributed by atoms with Crippen LogP contribution in [0.5, 0.6) is 0 Å². The fourth-order valence-corrected chi connectivity index (χ4v) is 3.54. The van der Waals surface area contributed by atoms with Gasteiger partial charge in [0.15, 0.2) is 0 Å². The average Bonchev–Trinajstić information content (AvgIpc) is 3.11. The van der Waals surface area contributed by atoms with Gasteiger partial charge in [-0.25, -0.2) is 9.37 Å². The Morgan fingerprint density at radius 3 is 2.21 bits per heavy atom. The first-order valence-corrected chi connectivity index (χ1v) is 9.56. The molecule has 7 heteroatoms. The monoisotopic (exact) mass is 392 g/mol. The molecule has 148 valence electrons. The largest absolute Gasteiger partial charge is 0.337 e. The Kier molecular flexibility index (Phi) is 5.37. The van der Waals surface area contributed by atoms with Crippen LogP contribution in [0, 0.1) is 5.82 Å². The van der Waals surface area contributed by atoms with E-state index in [1.165, 1.54) is 12.1 Å². The summed E-state index contributed by atoms with van der Waals surface area (Å²) in [6.07, 6.45) is 3.81. The molecule has 6 nitrogen and oxygen atoms in total. The molecule has 1 aliphatic heterocycles. The Hall–Kier alpha value is -3.48. The van der Waals surface area contributed by atoms with Gasteiger partial charge in [0, 0.05) is 31.9 Å². The summed E-state index contributed by atoms with van der Waals surface area (Å²) in [4.78, 5) is 33.3. The summed E-state index contributed by atoms with van der Waals surface area (Å²) in [6, 6.07) is 15.5. The molecule has 29 heavy (non-hydrogen) atoms. The topological polar surface area (TPSA) is 58.4 Å².